The lowest BCUT2D eigenvalue weighted by molar-refractivity contribution is -0.167. The Kier molecular flexibility index (Phi) is 57.2. The van der Waals surface area contributed by atoms with Crippen LogP contribution in [0.2, 0.25) is 0 Å². The highest BCUT2D eigenvalue weighted by Crippen LogP contribution is 2.18. The summed E-state index contributed by atoms with van der Waals surface area (Å²) < 4.78 is 16.8. The number of ether oxygens (including phenoxy) is 3. The molecular weight excluding hydrogens is 865 g/mol. The maximum absolute atomic E-state index is 12.8. The summed E-state index contributed by atoms with van der Waals surface area (Å²) in [6.07, 6.45) is 71.7. The van der Waals surface area contributed by atoms with Gasteiger partial charge in [-0.05, 0) is 51.4 Å². The highest BCUT2D eigenvalue weighted by Gasteiger charge is 2.19. The van der Waals surface area contributed by atoms with Gasteiger partial charge in [0.15, 0.2) is 6.10 Å². The Hall–Kier alpha value is -2.37. The zero-order valence-electron chi connectivity index (χ0n) is 47.1. The van der Waals surface area contributed by atoms with E-state index < -0.39 is 6.10 Å². The molecule has 0 radical (unpaired) electrons. The van der Waals surface area contributed by atoms with Gasteiger partial charge < -0.3 is 14.2 Å². The summed E-state index contributed by atoms with van der Waals surface area (Å²) in [6.45, 7) is 6.55. The first-order valence-electron chi connectivity index (χ1n) is 31.0. The molecule has 70 heavy (non-hydrogen) atoms. The average molecular weight is 984 g/mol. The van der Waals surface area contributed by atoms with Gasteiger partial charge in [0.25, 0.3) is 0 Å². The summed E-state index contributed by atoms with van der Waals surface area (Å²) >= 11 is 0. The van der Waals surface area contributed by atoms with Crippen LogP contribution in [-0.4, -0.2) is 37.2 Å². The minimum Gasteiger partial charge on any atom is -0.462 e. The van der Waals surface area contributed by atoms with Gasteiger partial charge in [-0.2, -0.15) is 0 Å². The fourth-order valence-electron chi connectivity index (χ4n) is 9.28. The zero-order valence-corrected chi connectivity index (χ0v) is 47.1. The molecule has 0 aliphatic heterocycles. The summed E-state index contributed by atoms with van der Waals surface area (Å²) in [7, 11) is 0. The number of allylic oxidation sites excluding steroid dienone is 6. The largest absolute Gasteiger partial charge is 0.462 e. The molecule has 0 aliphatic carbocycles. The first kappa shape index (κ1) is 67.6. The molecule has 0 rings (SSSR count). The van der Waals surface area contributed by atoms with Crippen LogP contribution in [0, 0.1) is 0 Å². The van der Waals surface area contributed by atoms with Gasteiger partial charge in [-0.3, -0.25) is 14.4 Å². The van der Waals surface area contributed by atoms with E-state index in [1.165, 1.54) is 212 Å². The summed E-state index contributed by atoms with van der Waals surface area (Å²) in [5.41, 5.74) is 0. The molecule has 0 heterocycles. The molecule has 0 aromatic carbocycles. The molecule has 0 aromatic rings. The van der Waals surface area contributed by atoms with Crippen molar-refractivity contribution in [2.45, 2.75) is 341 Å². The lowest BCUT2D eigenvalue weighted by Crippen LogP contribution is -2.30. The van der Waals surface area contributed by atoms with Gasteiger partial charge in [-0.25, -0.2) is 0 Å². The summed E-state index contributed by atoms with van der Waals surface area (Å²) in [6, 6.07) is 0. The topological polar surface area (TPSA) is 78.9 Å². The van der Waals surface area contributed by atoms with Crippen LogP contribution in [0.15, 0.2) is 36.5 Å². The molecule has 0 N–H and O–H groups in total. The van der Waals surface area contributed by atoms with E-state index in [1.807, 2.05) is 0 Å². The van der Waals surface area contributed by atoms with E-state index in [4.69, 9.17) is 14.2 Å². The van der Waals surface area contributed by atoms with Crippen molar-refractivity contribution in [1.82, 2.24) is 0 Å². The summed E-state index contributed by atoms with van der Waals surface area (Å²) in [5, 5.41) is 0. The van der Waals surface area contributed by atoms with Crippen molar-refractivity contribution < 1.29 is 28.6 Å². The molecule has 0 saturated heterocycles. The Labute approximate surface area is 435 Å². The molecule has 0 saturated carbocycles. The van der Waals surface area contributed by atoms with Crippen molar-refractivity contribution in [3.8, 4) is 0 Å². The van der Waals surface area contributed by atoms with Gasteiger partial charge >= 0.3 is 17.9 Å². The van der Waals surface area contributed by atoms with Gasteiger partial charge in [0.2, 0.25) is 0 Å². The number of esters is 3. The second-order valence-electron chi connectivity index (χ2n) is 21.0. The fraction of sp³-hybridized carbons (Fsp3) is 0.859. The third kappa shape index (κ3) is 56.5. The van der Waals surface area contributed by atoms with Crippen molar-refractivity contribution in [1.29, 1.82) is 0 Å². The first-order chi connectivity index (χ1) is 34.5. The van der Waals surface area contributed by atoms with Crippen molar-refractivity contribution in [3.63, 3.8) is 0 Å². The van der Waals surface area contributed by atoms with Gasteiger partial charge in [0, 0.05) is 19.3 Å². The van der Waals surface area contributed by atoms with Crippen LogP contribution in [-0.2, 0) is 28.6 Å². The third-order valence-corrected chi connectivity index (χ3v) is 13.9. The standard InChI is InChI=1S/C64H118O6/c1-4-7-10-13-16-19-22-25-26-27-28-29-30-31-32-33-34-35-36-37-38-40-42-45-48-51-54-57-63(66)69-60-61(59-68-62(65)56-53-50-47-44-41-24-21-18-15-12-9-6-3)70-64(67)58-55-52-49-46-43-39-23-20-17-14-11-8-5-2/h8,11,17,20,39,43,61H,4-7,9-10,12-16,18-19,21-38,40-42,44-60H2,1-3H3/b11-8-,20-17-,43-39-. The molecule has 0 spiro atoms. The average Bonchev–Trinajstić information content (AvgIpc) is 3.36. The molecule has 0 amide bonds. The van der Waals surface area contributed by atoms with Crippen molar-refractivity contribution in [2.75, 3.05) is 13.2 Å². The molecule has 6 nitrogen and oxygen atoms in total. The third-order valence-electron chi connectivity index (χ3n) is 13.9. The van der Waals surface area contributed by atoms with E-state index in [0.29, 0.717) is 19.3 Å². The molecular formula is C64H118O6. The Morgan fingerprint density at radius 1 is 0.300 bits per heavy atom. The van der Waals surface area contributed by atoms with Gasteiger partial charge in [0.05, 0.1) is 0 Å². The molecule has 6 heteroatoms. The minimum absolute atomic E-state index is 0.0793. The van der Waals surface area contributed by atoms with Crippen LogP contribution in [0.4, 0.5) is 0 Å². The monoisotopic (exact) mass is 983 g/mol. The van der Waals surface area contributed by atoms with E-state index in [9.17, 15) is 14.4 Å². The number of rotatable bonds is 57. The summed E-state index contributed by atoms with van der Waals surface area (Å²) in [4.78, 5) is 38.1. The van der Waals surface area contributed by atoms with Crippen LogP contribution < -0.4 is 0 Å². The molecule has 0 aromatic heterocycles. The molecule has 410 valence electrons. The van der Waals surface area contributed by atoms with Crippen LogP contribution in [0.5, 0.6) is 0 Å². The number of unbranched alkanes of at least 4 members (excludes halogenated alkanes) is 40. The second kappa shape index (κ2) is 59.2. The number of carbonyl (C=O) groups is 3. The van der Waals surface area contributed by atoms with Crippen LogP contribution in [0.25, 0.3) is 0 Å². The SMILES string of the molecule is CC/C=C\C/C=C\C/C=C\CCCCCC(=O)OC(COC(=O)CCCCCCCCCCCCCC)COC(=O)CCCCCCCCCCCCCCCCCCCCCCCCCCCCC. The van der Waals surface area contributed by atoms with Gasteiger partial charge in [-0.1, -0.05) is 301 Å². The van der Waals surface area contributed by atoms with E-state index in [-0.39, 0.29) is 31.1 Å². The lowest BCUT2D eigenvalue weighted by Gasteiger charge is -2.18. The fourth-order valence-corrected chi connectivity index (χ4v) is 9.28. The van der Waals surface area contributed by atoms with Crippen LogP contribution in [0.1, 0.15) is 335 Å². The van der Waals surface area contributed by atoms with Crippen LogP contribution >= 0.6 is 0 Å². The highest BCUT2D eigenvalue weighted by molar-refractivity contribution is 5.71. The number of hydrogen-bond donors (Lipinski definition) is 0. The van der Waals surface area contributed by atoms with Crippen molar-refractivity contribution in [3.05, 3.63) is 36.5 Å². The molecule has 1 atom stereocenters. The normalized spacial score (nSPS) is 12.2. The number of carbonyl (C=O) groups excluding carboxylic acids is 3. The quantitative estimate of drug-likeness (QED) is 0.0261. The predicted molar refractivity (Wildman–Crippen MR) is 302 cm³/mol. The van der Waals surface area contributed by atoms with E-state index in [0.717, 1.165) is 83.5 Å². The Bertz CT molecular complexity index is 1170. The minimum atomic E-state index is -0.783. The Balaban J connectivity index is 4.14. The Morgan fingerprint density at radius 3 is 0.871 bits per heavy atom. The van der Waals surface area contributed by atoms with Gasteiger partial charge in [0.1, 0.15) is 13.2 Å². The lowest BCUT2D eigenvalue weighted by atomic mass is 10.0. The zero-order chi connectivity index (χ0) is 50.7. The molecule has 1 unspecified atom stereocenters. The Morgan fingerprint density at radius 2 is 0.557 bits per heavy atom. The van der Waals surface area contributed by atoms with Gasteiger partial charge in [-0.15, -0.1) is 0 Å². The molecule has 0 aliphatic rings. The van der Waals surface area contributed by atoms with E-state index >= 15 is 0 Å². The molecule has 0 fully saturated rings. The van der Waals surface area contributed by atoms with Crippen molar-refractivity contribution >= 4 is 17.9 Å². The van der Waals surface area contributed by atoms with E-state index in [2.05, 4.69) is 57.2 Å². The van der Waals surface area contributed by atoms with Crippen LogP contribution in [0.3, 0.4) is 0 Å². The summed E-state index contributed by atoms with van der Waals surface area (Å²) in [5.74, 6) is -0.890. The van der Waals surface area contributed by atoms with E-state index in [1.54, 1.807) is 0 Å². The number of hydrogen-bond acceptors (Lipinski definition) is 6. The smallest absolute Gasteiger partial charge is 0.306 e. The molecule has 0 bridgehead atoms. The maximum atomic E-state index is 12.8. The maximum Gasteiger partial charge on any atom is 0.306 e. The van der Waals surface area contributed by atoms with Crippen molar-refractivity contribution in [2.24, 2.45) is 0 Å². The predicted octanol–water partition coefficient (Wildman–Crippen LogP) is 20.8. The second-order valence-corrected chi connectivity index (χ2v) is 21.0. The highest BCUT2D eigenvalue weighted by atomic mass is 16.6. The first-order valence-corrected chi connectivity index (χ1v) is 31.0.